The average Bonchev–Trinajstić information content (AvgIpc) is 3.15. The van der Waals surface area contributed by atoms with Crippen LogP contribution in [0.3, 0.4) is 0 Å². The summed E-state index contributed by atoms with van der Waals surface area (Å²) in [5, 5.41) is 4.33. The van der Waals surface area contributed by atoms with E-state index in [9.17, 15) is 18.0 Å². The monoisotopic (exact) mass is 395 g/mol. The molecule has 0 N–H and O–H groups in total. The van der Waals surface area contributed by atoms with Crippen molar-refractivity contribution >= 4 is 17.5 Å². The zero-order valence-electron chi connectivity index (χ0n) is 14.8. The quantitative estimate of drug-likeness (QED) is 0.460. The van der Waals surface area contributed by atoms with Crippen LogP contribution in [0.15, 0.2) is 40.0 Å². The molecule has 0 aromatic carbocycles. The number of halogens is 3. The van der Waals surface area contributed by atoms with Crippen LogP contribution in [-0.2, 0) is 6.18 Å². The van der Waals surface area contributed by atoms with E-state index in [2.05, 4.69) is 10.1 Å². The molecule has 0 aliphatic heterocycles. The Kier molecular flexibility index (Phi) is 5.14. The molecule has 9 heteroatoms. The normalized spacial score (nSPS) is 11.8. The highest BCUT2D eigenvalue weighted by Gasteiger charge is 2.30. The van der Waals surface area contributed by atoms with E-state index in [-0.39, 0.29) is 11.5 Å². The Labute approximate surface area is 157 Å². The lowest BCUT2D eigenvalue weighted by Crippen LogP contribution is -2.07. The highest BCUT2D eigenvalue weighted by atomic mass is 32.2. The summed E-state index contributed by atoms with van der Waals surface area (Å²) >= 11 is 1.10. The number of pyridine rings is 1. The summed E-state index contributed by atoms with van der Waals surface area (Å²) in [5.74, 6) is 1.19. The number of alkyl halides is 3. The minimum absolute atomic E-state index is 0.0699. The number of nitrogens with zero attached hydrogens (tertiary/aromatic N) is 3. The van der Waals surface area contributed by atoms with Crippen LogP contribution in [0.4, 0.5) is 13.2 Å². The first-order valence-electron chi connectivity index (χ1n) is 7.98. The molecule has 27 heavy (non-hydrogen) atoms. The summed E-state index contributed by atoms with van der Waals surface area (Å²) < 4.78 is 44.6. The number of ketones is 1. The third kappa shape index (κ3) is 4.08. The molecule has 0 fully saturated rings. The van der Waals surface area contributed by atoms with Gasteiger partial charge in [-0.2, -0.15) is 13.2 Å². The van der Waals surface area contributed by atoms with Gasteiger partial charge in [-0.3, -0.25) is 9.36 Å². The molecule has 0 saturated carbocycles. The van der Waals surface area contributed by atoms with Crippen molar-refractivity contribution in [2.75, 3.05) is 5.75 Å². The van der Waals surface area contributed by atoms with Crippen LogP contribution < -0.4 is 0 Å². The third-order valence-corrected chi connectivity index (χ3v) is 4.93. The number of rotatable bonds is 5. The number of aryl methyl sites for hydroxylation is 2. The van der Waals surface area contributed by atoms with Gasteiger partial charge in [0.25, 0.3) is 0 Å². The van der Waals surface area contributed by atoms with Crippen LogP contribution in [-0.4, -0.2) is 26.2 Å². The molecule has 3 rings (SSSR count). The third-order valence-electron chi connectivity index (χ3n) is 3.99. The van der Waals surface area contributed by atoms with Gasteiger partial charge in [0, 0.05) is 29.2 Å². The second-order valence-corrected chi connectivity index (χ2v) is 7.01. The van der Waals surface area contributed by atoms with E-state index in [1.54, 1.807) is 19.1 Å². The van der Waals surface area contributed by atoms with Crippen molar-refractivity contribution in [1.29, 1.82) is 0 Å². The number of thioether (sulfide) groups is 1. The zero-order chi connectivity index (χ0) is 19.8. The second-order valence-electron chi connectivity index (χ2n) is 6.01. The highest BCUT2D eigenvalue weighted by Crippen LogP contribution is 2.30. The van der Waals surface area contributed by atoms with Crippen molar-refractivity contribution in [3.63, 3.8) is 0 Å². The fraction of sp³-hybridized carbons (Fsp3) is 0.278. The number of hydrogen-bond donors (Lipinski definition) is 0. The fourth-order valence-corrected chi connectivity index (χ4v) is 3.43. The standard InChI is InChI=1S/C18H16F3N3O2S/c1-10-6-14(12(3)24(10)16-7-11(2)26-23-16)15(25)9-27-17-5-4-13(8-22-17)18(19,20)21/h4-8H,9H2,1-3H3. The van der Waals surface area contributed by atoms with Crippen LogP contribution in [0.1, 0.15) is 33.1 Å². The van der Waals surface area contributed by atoms with Crippen LogP contribution in [0.5, 0.6) is 0 Å². The minimum atomic E-state index is -4.43. The lowest BCUT2D eigenvalue weighted by molar-refractivity contribution is -0.137. The summed E-state index contributed by atoms with van der Waals surface area (Å²) in [4.78, 5) is 16.4. The Bertz CT molecular complexity index is 975. The second kappa shape index (κ2) is 7.22. The Morgan fingerprint density at radius 3 is 2.52 bits per heavy atom. The Hall–Kier alpha value is -2.55. The van der Waals surface area contributed by atoms with E-state index in [0.29, 0.717) is 22.2 Å². The van der Waals surface area contributed by atoms with Crippen LogP contribution in [0.25, 0.3) is 5.82 Å². The van der Waals surface area contributed by atoms with Gasteiger partial charge in [0.05, 0.1) is 16.3 Å². The minimum Gasteiger partial charge on any atom is -0.360 e. The van der Waals surface area contributed by atoms with Gasteiger partial charge in [0.1, 0.15) is 5.76 Å². The van der Waals surface area contributed by atoms with E-state index in [1.165, 1.54) is 6.07 Å². The first-order valence-corrected chi connectivity index (χ1v) is 8.97. The molecule has 0 saturated heterocycles. The number of hydrogen-bond acceptors (Lipinski definition) is 5. The van der Waals surface area contributed by atoms with Crippen LogP contribution in [0, 0.1) is 20.8 Å². The van der Waals surface area contributed by atoms with Crippen LogP contribution >= 0.6 is 11.8 Å². The molecule has 0 spiro atoms. The first kappa shape index (κ1) is 19.2. The van der Waals surface area contributed by atoms with Gasteiger partial charge in [-0.1, -0.05) is 16.9 Å². The summed E-state index contributed by atoms with van der Waals surface area (Å²) in [7, 11) is 0. The largest absolute Gasteiger partial charge is 0.417 e. The van der Waals surface area contributed by atoms with Crippen molar-refractivity contribution in [2.45, 2.75) is 32.0 Å². The van der Waals surface area contributed by atoms with Gasteiger partial charge in [-0.15, -0.1) is 0 Å². The summed E-state index contributed by atoms with van der Waals surface area (Å²) in [6, 6.07) is 5.76. The molecule has 3 heterocycles. The topological polar surface area (TPSA) is 60.9 Å². The number of carbonyl (C=O) groups is 1. The number of carbonyl (C=O) groups excluding carboxylic acids is 1. The highest BCUT2D eigenvalue weighted by molar-refractivity contribution is 7.99. The average molecular weight is 395 g/mol. The molecule has 0 aliphatic rings. The zero-order valence-corrected chi connectivity index (χ0v) is 15.6. The molecule has 0 amide bonds. The predicted octanol–water partition coefficient (Wildman–Crippen LogP) is 4.78. The van der Waals surface area contributed by atoms with Crippen molar-refractivity contribution in [2.24, 2.45) is 0 Å². The number of aromatic nitrogens is 3. The van der Waals surface area contributed by atoms with Gasteiger partial charge in [0.15, 0.2) is 11.6 Å². The SMILES string of the molecule is Cc1cc(-n2c(C)cc(C(=O)CSc3ccc(C(F)(F)F)cn3)c2C)no1. The molecule has 142 valence electrons. The van der Waals surface area contributed by atoms with E-state index < -0.39 is 11.7 Å². The summed E-state index contributed by atoms with van der Waals surface area (Å²) in [5.41, 5.74) is 1.28. The molecular formula is C18H16F3N3O2S. The van der Waals surface area contributed by atoms with E-state index >= 15 is 0 Å². The Morgan fingerprint density at radius 1 is 1.22 bits per heavy atom. The Morgan fingerprint density at radius 2 is 1.96 bits per heavy atom. The van der Waals surface area contributed by atoms with Crippen molar-refractivity contribution < 1.29 is 22.5 Å². The Balaban J connectivity index is 1.74. The molecule has 0 aliphatic carbocycles. The maximum Gasteiger partial charge on any atom is 0.417 e. The maximum absolute atomic E-state index is 12.6. The molecule has 0 radical (unpaired) electrons. The van der Waals surface area contributed by atoms with Gasteiger partial charge in [-0.25, -0.2) is 4.98 Å². The van der Waals surface area contributed by atoms with Crippen molar-refractivity contribution in [1.82, 2.24) is 14.7 Å². The first-order chi connectivity index (χ1) is 12.7. The molecule has 0 atom stereocenters. The van der Waals surface area contributed by atoms with Gasteiger partial charge >= 0.3 is 6.18 Å². The fourth-order valence-electron chi connectivity index (χ4n) is 2.71. The van der Waals surface area contributed by atoms with Gasteiger partial charge in [-0.05, 0) is 39.0 Å². The van der Waals surface area contributed by atoms with Gasteiger partial charge in [0.2, 0.25) is 0 Å². The smallest absolute Gasteiger partial charge is 0.360 e. The lowest BCUT2D eigenvalue weighted by atomic mass is 10.2. The van der Waals surface area contributed by atoms with E-state index in [0.717, 1.165) is 35.4 Å². The molecule has 0 bridgehead atoms. The molecule has 3 aromatic heterocycles. The van der Waals surface area contributed by atoms with E-state index in [1.807, 2.05) is 18.4 Å². The lowest BCUT2D eigenvalue weighted by Gasteiger charge is -2.07. The van der Waals surface area contributed by atoms with Gasteiger partial charge < -0.3 is 4.52 Å². The summed E-state index contributed by atoms with van der Waals surface area (Å²) in [6.07, 6.45) is -3.66. The number of Topliss-reactive ketones (excluding diaryl/α,β-unsaturated/α-hetero) is 1. The molecule has 5 nitrogen and oxygen atoms in total. The maximum atomic E-state index is 12.6. The molecular weight excluding hydrogens is 379 g/mol. The molecule has 0 unspecified atom stereocenters. The predicted molar refractivity (Wildman–Crippen MR) is 94.3 cm³/mol. The van der Waals surface area contributed by atoms with E-state index in [4.69, 9.17) is 4.52 Å². The molecule has 3 aromatic rings. The summed E-state index contributed by atoms with van der Waals surface area (Å²) in [6.45, 7) is 5.45. The van der Waals surface area contributed by atoms with Crippen molar-refractivity contribution in [3.8, 4) is 5.82 Å². The van der Waals surface area contributed by atoms with Crippen molar-refractivity contribution in [3.05, 3.63) is 58.7 Å². The van der Waals surface area contributed by atoms with Crippen LogP contribution in [0.2, 0.25) is 0 Å².